The van der Waals surface area contributed by atoms with Crippen molar-refractivity contribution in [3.05, 3.63) is 61.2 Å². The number of nitrogens with zero attached hydrogens (tertiary/aromatic N) is 3. The Labute approximate surface area is 187 Å². The third-order valence-corrected chi connectivity index (χ3v) is 8.24. The molecule has 2 unspecified atom stereocenters. The Morgan fingerprint density at radius 3 is 2.90 bits per heavy atom. The van der Waals surface area contributed by atoms with Crippen LogP contribution in [-0.2, 0) is 19.4 Å². The molecule has 4 aromatic rings. The lowest BCUT2D eigenvalue weighted by atomic mass is 9.89. The summed E-state index contributed by atoms with van der Waals surface area (Å²) in [6.45, 7) is 6.73. The largest absolute Gasteiger partial charge is 0.309 e. The van der Waals surface area contributed by atoms with Gasteiger partial charge in [0.15, 0.2) is 5.16 Å². The molecule has 3 heterocycles. The van der Waals surface area contributed by atoms with E-state index in [1.165, 1.54) is 22.2 Å². The number of hydrogen-bond acceptors (Lipinski definition) is 6. The van der Waals surface area contributed by atoms with Crippen LogP contribution >= 0.6 is 23.1 Å². The van der Waals surface area contributed by atoms with Gasteiger partial charge in [0.25, 0.3) is 11.1 Å². The molecule has 0 fully saturated rings. The highest BCUT2D eigenvalue weighted by atomic mass is 32.2. The zero-order valence-corrected chi connectivity index (χ0v) is 19.4. The predicted molar refractivity (Wildman–Crippen MR) is 127 cm³/mol. The molecule has 0 saturated carbocycles. The lowest BCUT2D eigenvalue weighted by Crippen LogP contribution is -2.23. The molecule has 0 amide bonds. The number of rotatable bonds is 4. The summed E-state index contributed by atoms with van der Waals surface area (Å²) in [5.74, 6) is 1.28. The average Bonchev–Trinajstić information content (AvgIpc) is 3.12. The Kier molecular flexibility index (Phi) is 5.22. The van der Waals surface area contributed by atoms with Gasteiger partial charge in [-0.15, -0.1) is 11.3 Å². The zero-order chi connectivity index (χ0) is 21.7. The van der Waals surface area contributed by atoms with Crippen molar-refractivity contribution in [3.8, 4) is 0 Å². The van der Waals surface area contributed by atoms with Crippen LogP contribution < -0.4 is 11.1 Å². The molecule has 0 aliphatic heterocycles. The van der Waals surface area contributed by atoms with E-state index in [0.29, 0.717) is 34.3 Å². The predicted octanol–water partition coefficient (Wildman–Crippen LogP) is 4.69. The van der Waals surface area contributed by atoms with Crippen LogP contribution in [0.1, 0.15) is 48.7 Å². The van der Waals surface area contributed by atoms with Crippen LogP contribution in [0.15, 0.2) is 39.0 Å². The topological polar surface area (TPSA) is 80.6 Å². The zero-order valence-electron chi connectivity index (χ0n) is 17.8. The molecule has 1 aliphatic carbocycles. The van der Waals surface area contributed by atoms with Crippen molar-refractivity contribution in [2.24, 2.45) is 5.92 Å². The molecule has 5 rings (SSSR count). The van der Waals surface area contributed by atoms with Crippen molar-refractivity contribution in [2.45, 2.75) is 57.0 Å². The number of para-hydroxylation sites is 1. The molecule has 0 radical (unpaired) electrons. The van der Waals surface area contributed by atoms with Crippen molar-refractivity contribution >= 4 is 44.2 Å². The molecule has 31 heavy (non-hydrogen) atoms. The maximum Gasteiger partial charge on any atom is 0.262 e. The Morgan fingerprint density at radius 2 is 2.10 bits per heavy atom. The molecule has 0 spiro atoms. The minimum Gasteiger partial charge on any atom is -0.309 e. The monoisotopic (exact) mass is 452 g/mol. The van der Waals surface area contributed by atoms with Crippen LogP contribution in [-0.4, -0.2) is 19.5 Å². The summed E-state index contributed by atoms with van der Waals surface area (Å²) in [5, 5.41) is 1.87. The lowest BCUT2D eigenvalue weighted by Gasteiger charge is -2.17. The number of thioether (sulfide) groups is 1. The quantitative estimate of drug-likeness (QED) is 0.359. The minimum absolute atomic E-state index is 0.0419. The van der Waals surface area contributed by atoms with Gasteiger partial charge < -0.3 is 4.98 Å². The lowest BCUT2D eigenvalue weighted by molar-refractivity contribution is 0.509. The molecule has 1 N–H and O–H groups in total. The molecule has 160 valence electrons. The van der Waals surface area contributed by atoms with Crippen LogP contribution in [0.4, 0.5) is 0 Å². The average molecular weight is 453 g/mol. The second kappa shape index (κ2) is 7.91. The van der Waals surface area contributed by atoms with Gasteiger partial charge in [-0.25, -0.2) is 9.97 Å². The minimum atomic E-state index is -0.152. The molecular formula is C23H24N4O2S2. The highest BCUT2D eigenvalue weighted by molar-refractivity contribution is 7.99. The number of benzene rings is 1. The molecule has 8 heteroatoms. The standard InChI is InChI=1S/C23H24N4O2S2/c1-4-27-22(29)14-7-5-6-8-16(14)24-23(27)30-13(3)19-25-20(28)18-15-10-9-12(2)11-17(15)31-21(18)26-19/h5-8,12-13H,4,9-11H2,1-3H3,(H,25,26,28). The van der Waals surface area contributed by atoms with E-state index < -0.39 is 0 Å². The van der Waals surface area contributed by atoms with E-state index in [2.05, 4.69) is 11.9 Å². The van der Waals surface area contributed by atoms with Crippen molar-refractivity contribution in [2.75, 3.05) is 0 Å². The van der Waals surface area contributed by atoms with Crippen molar-refractivity contribution < 1.29 is 0 Å². The fourth-order valence-corrected chi connectivity index (χ4v) is 6.71. The summed E-state index contributed by atoms with van der Waals surface area (Å²) in [6, 6.07) is 7.40. The summed E-state index contributed by atoms with van der Waals surface area (Å²) in [4.78, 5) is 40.6. The second-order valence-electron chi connectivity index (χ2n) is 8.20. The normalized spacial score (nSPS) is 17.2. The summed E-state index contributed by atoms with van der Waals surface area (Å²) in [6.07, 6.45) is 3.10. The number of H-pyrrole nitrogens is 1. The van der Waals surface area contributed by atoms with Gasteiger partial charge in [0.1, 0.15) is 10.7 Å². The third kappa shape index (κ3) is 3.51. The first kappa shape index (κ1) is 20.5. The number of fused-ring (bicyclic) bond motifs is 4. The van der Waals surface area contributed by atoms with E-state index in [0.717, 1.165) is 29.5 Å². The number of hydrogen-bond donors (Lipinski definition) is 1. The highest BCUT2D eigenvalue weighted by Crippen LogP contribution is 2.37. The molecule has 6 nitrogen and oxygen atoms in total. The Morgan fingerprint density at radius 1 is 1.29 bits per heavy atom. The smallest absolute Gasteiger partial charge is 0.262 e. The van der Waals surface area contributed by atoms with Crippen molar-refractivity contribution in [1.82, 2.24) is 19.5 Å². The van der Waals surface area contributed by atoms with Crippen LogP contribution in [0.25, 0.3) is 21.1 Å². The van der Waals surface area contributed by atoms with E-state index in [1.54, 1.807) is 22.0 Å². The van der Waals surface area contributed by atoms with Gasteiger partial charge in [0.2, 0.25) is 0 Å². The number of thiophene rings is 1. The molecule has 1 aromatic carbocycles. The summed E-state index contributed by atoms with van der Waals surface area (Å²) in [5.41, 5.74) is 1.78. The van der Waals surface area contributed by atoms with Crippen LogP contribution in [0.5, 0.6) is 0 Å². The van der Waals surface area contributed by atoms with Gasteiger partial charge in [-0.3, -0.25) is 14.2 Å². The van der Waals surface area contributed by atoms with Gasteiger partial charge >= 0.3 is 0 Å². The summed E-state index contributed by atoms with van der Waals surface area (Å²) in [7, 11) is 0. The molecular weight excluding hydrogens is 428 g/mol. The summed E-state index contributed by atoms with van der Waals surface area (Å²) >= 11 is 3.11. The van der Waals surface area contributed by atoms with Crippen LogP contribution in [0, 0.1) is 5.92 Å². The SMILES string of the molecule is CCn1c(SC(C)c2nc3sc4c(c3c(=O)[nH]2)CCC(C)C4)nc2ccccc2c1=O. The summed E-state index contributed by atoms with van der Waals surface area (Å²) < 4.78 is 1.69. The fraction of sp³-hybridized carbons (Fsp3) is 0.391. The number of aryl methyl sites for hydroxylation is 1. The first-order valence-corrected chi connectivity index (χ1v) is 12.4. The first-order valence-electron chi connectivity index (χ1n) is 10.7. The first-order chi connectivity index (χ1) is 15.0. The van der Waals surface area contributed by atoms with Gasteiger partial charge in [-0.05, 0) is 56.7 Å². The fourth-order valence-electron chi connectivity index (χ4n) is 4.29. The van der Waals surface area contributed by atoms with Crippen molar-refractivity contribution in [3.63, 3.8) is 0 Å². The van der Waals surface area contributed by atoms with Gasteiger partial charge in [0, 0.05) is 11.4 Å². The van der Waals surface area contributed by atoms with E-state index in [4.69, 9.17) is 9.97 Å². The maximum absolute atomic E-state index is 13.0. The van der Waals surface area contributed by atoms with Gasteiger partial charge in [-0.2, -0.15) is 0 Å². The number of aromatic nitrogens is 4. The van der Waals surface area contributed by atoms with Gasteiger partial charge in [0.05, 0.1) is 21.5 Å². The Bertz CT molecular complexity index is 1420. The maximum atomic E-state index is 13.0. The van der Waals surface area contributed by atoms with Gasteiger partial charge in [-0.1, -0.05) is 30.8 Å². The molecule has 1 aliphatic rings. The van der Waals surface area contributed by atoms with E-state index in [1.807, 2.05) is 32.0 Å². The molecule has 2 atom stereocenters. The van der Waals surface area contributed by atoms with Crippen molar-refractivity contribution in [1.29, 1.82) is 0 Å². The van der Waals surface area contributed by atoms with E-state index >= 15 is 0 Å². The molecule has 0 bridgehead atoms. The number of aromatic amines is 1. The van der Waals surface area contributed by atoms with Crippen LogP contribution in [0.3, 0.4) is 0 Å². The van der Waals surface area contributed by atoms with E-state index in [9.17, 15) is 9.59 Å². The molecule has 3 aromatic heterocycles. The second-order valence-corrected chi connectivity index (χ2v) is 10.6. The van der Waals surface area contributed by atoms with Crippen LogP contribution in [0.2, 0.25) is 0 Å². The number of nitrogens with one attached hydrogen (secondary N) is 1. The molecule has 0 saturated heterocycles. The third-order valence-electron chi connectivity index (χ3n) is 5.99. The van der Waals surface area contributed by atoms with E-state index in [-0.39, 0.29) is 16.4 Å². The highest BCUT2D eigenvalue weighted by Gasteiger charge is 2.24. The Balaban J connectivity index is 1.55. The Hall–Kier alpha value is -2.45.